The zero-order valence-electron chi connectivity index (χ0n) is 24.8. The van der Waals surface area contributed by atoms with Gasteiger partial charge in [-0.1, -0.05) is 44.5 Å². The van der Waals surface area contributed by atoms with Gasteiger partial charge in [0.15, 0.2) is 8.32 Å². The van der Waals surface area contributed by atoms with Crippen molar-refractivity contribution in [2.75, 3.05) is 25.6 Å². The fourth-order valence-corrected chi connectivity index (χ4v) is 6.14. The number of benzene rings is 2. The summed E-state index contributed by atoms with van der Waals surface area (Å²) in [6, 6.07) is 20.1. The maximum Gasteiger partial charge on any atom is 0.297 e. The molecular weight excluding hydrogens is 555 g/mol. The zero-order chi connectivity index (χ0) is 29.8. The molecule has 0 radical (unpaired) electrons. The molecule has 218 valence electrons. The molecule has 2 aromatic heterocycles. The van der Waals surface area contributed by atoms with Crippen molar-refractivity contribution in [3.8, 4) is 17.0 Å². The third-order valence-electron chi connectivity index (χ3n) is 7.40. The van der Waals surface area contributed by atoms with E-state index >= 15 is 0 Å². The Bertz CT molecular complexity index is 1590. The van der Waals surface area contributed by atoms with Gasteiger partial charge in [-0.05, 0) is 73.6 Å². The molecule has 0 amide bonds. The summed E-state index contributed by atoms with van der Waals surface area (Å²) in [7, 11) is -4.36. The number of aromatic nitrogens is 2. The van der Waals surface area contributed by atoms with Crippen molar-refractivity contribution in [3.05, 3.63) is 78.5 Å². The normalized spacial score (nSPS) is 13.2. The Morgan fingerprint density at radius 2 is 1.68 bits per heavy atom. The second-order valence-corrected chi connectivity index (χ2v) is 18.0. The van der Waals surface area contributed by atoms with Crippen LogP contribution in [0.25, 0.3) is 22.2 Å². The highest BCUT2D eigenvalue weighted by molar-refractivity contribution is 7.86. The molecule has 41 heavy (non-hydrogen) atoms. The molecule has 1 N–H and O–H groups in total. The summed E-state index contributed by atoms with van der Waals surface area (Å²) in [6.07, 6.45) is 1.21. The van der Waals surface area contributed by atoms with Gasteiger partial charge in [-0.2, -0.15) is 8.42 Å². The fraction of sp³-hybridized carbons (Fsp3) is 0.355. The van der Waals surface area contributed by atoms with Crippen molar-refractivity contribution in [1.82, 2.24) is 9.97 Å². The first-order valence-corrected chi connectivity index (χ1v) is 17.9. The highest BCUT2D eigenvalue weighted by atomic mass is 32.2. The van der Waals surface area contributed by atoms with Crippen molar-refractivity contribution in [3.63, 3.8) is 0 Å². The van der Waals surface area contributed by atoms with E-state index in [0.29, 0.717) is 5.75 Å². The van der Waals surface area contributed by atoms with Crippen LogP contribution in [0.5, 0.6) is 5.75 Å². The van der Waals surface area contributed by atoms with Gasteiger partial charge in [-0.3, -0.25) is 4.18 Å². The molecular formula is C31H39N3O5SSi. The minimum Gasteiger partial charge on any atom is -0.491 e. The molecule has 1 atom stereocenters. The molecule has 2 aromatic carbocycles. The van der Waals surface area contributed by atoms with Gasteiger partial charge in [0, 0.05) is 24.2 Å². The SMILES string of the molecule is CNc1ccc(-c2ccc3cc(OCC(COS(=O)(=O)c4ccc(C)cc4)O[Si](C)(C)C(C)(C)C)ccc3n2)cn1. The van der Waals surface area contributed by atoms with E-state index in [9.17, 15) is 8.42 Å². The Kier molecular flexibility index (Phi) is 9.18. The molecule has 10 heteroatoms. The monoisotopic (exact) mass is 593 g/mol. The second kappa shape index (κ2) is 12.3. The third kappa shape index (κ3) is 7.71. The number of aryl methyl sites for hydroxylation is 1. The minimum atomic E-state index is -3.94. The van der Waals surface area contributed by atoms with Crippen LogP contribution in [-0.4, -0.2) is 53.1 Å². The molecule has 2 heterocycles. The van der Waals surface area contributed by atoms with Crippen LogP contribution in [0.3, 0.4) is 0 Å². The van der Waals surface area contributed by atoms with Crippen LogP contribution in [0, 0.1) is 6.92 Å². The van der Waals surface area contributed by atoms with E-state index in [4.69, 9.17) is 18.3 Å². The van der Waals surface area contributed by atoms with Crippen molar-refractivity contribution in [2.24, 2.45) is 0 Å². The van der Waals surface area contributed by atoms with Gasteiger partial charge in [0.1, 0.15) is 24.3 Å². The lowest BCUT2D eigenvalue weighted by Gasteiger charge is -2.39. The number of fused-ring (bicyclic) bond motifs is 1. The van der Waals surface area contributed by atoms with E-state index in [-0.39, 0.29) is 23.1 Å². The summed E-state index contributed by atoms with van der Waals surface area (Å²) in [4.78, 5) is 9.27. The van der Waals surface area contributed by atoms with E-state index in [2.05, 4.69) is 44.2 Å². The highest BCUT2D eigenvalue weighted by Gasteiger charge is 2.39. The Balaban J connectivity index is 1.49. The van der Waals surface area contributed by atoms with Crippen LogP contribution in [-0.2, 0) is 18.7 Å². The molecule has 0 saturated carbocycles. The van der Waals surface area contributed by atoms with Crippen molar-refractivity contribution in [1.29, 1.82) is 0 Å². The average Bonchev–Trinajstić information content (AvgIpc) is 2.93. The van der Waals surface area contributed by atoms with Gasteiger partial charge in [0.25, 0.3) is 10.1 Å². The third-order valence-corrected chi connectivity index (χ3v) is 13.2. The lowest BCUT2D eigenvalue weighted by atomic mass is 10.1. The van der Waals surface area contributed by atoms with E-state index in [1.54, 1.807) is 30.5 Å². The largest absolute Gasteiger partial charge is 0.491 e. The number of nitrogens with zero attached hydrogens (tertiary/aromatic N) is 2. The molecule has 0 aliphatic carbocycles. The predicted molar refractivity (Wildman–Crippen MR) is 166 cm³/mol. The van der Waals surface area contributed by atoms with Crippen LogP contribution in [0.2, 0.25) is 18.1 Å². The molecule has 0 aliphatic heterocycles. The highest BCUT2D eigenvalue weighted by Crippen LogP contribution is 2.37. The van der Waals surface area contributed by atoms with Crippen LogP contribution >= 0.6 is 0 Å². The van der Waals surface area contributed by atoms with E-state index in [1.165, 1.54) is 0 Å². The number of nitrogens with one attached hydrogen (secondary N) is 1. The van der Waals surface area contributed by atoms with Crippen LogP contribution in [0.15, 0.2) is 77.8 Å². The Morgan fingerprint density at radius 3 is 2.32 bits per heavy atom. The van der Waals surface area contributed by atoms with Gasteiger partial charge in [0.2, 0.25) is 0 Å². The summed E-state index contributed by atoms with van der Waals surface area (Å²) in [5.74, 6) is 1.43. The smallest absolute Gasteiger partial charge is 0.297 e. The van der Waals surface area contributed by atoms with E-state index in [1.807, 2.05) is 56.4 Å². The van der Waals surface area contributed by atoms with Gasteiger partial charge in [-0.25, -0.2) is 9.97 Å². The maximum atomic E-state index is 12.9. The number of hydrogen-bond acceptors (Lipinski definition) is 8. The zero-order valence-corrected chi connectivity index (χ0v) is 26.6. The maximum absolute atomic E-state index is 12.9. The van der Waals surface area contributed by atoms with Crippen LogP contribution in [0.1, 0.15) is 26.3 Å². The van der Waals surface area contributed by atoms with Crippen molar-refractivity contribution >= 4 is 35.2 Å². The first-order chi connectivity index (χ1) is 19.3. The molecule has 0 bridgehead atoms. The van der Waals surface area contributed by atoms with Gasteiger partial charge >= 0.3 is 0 Å². The van der Waals surface area contributed by atoms with Crippen molar-refractivity contribution in [2.45, 2.75) is 56.8 Å². The predicted octanol–water partition coefficient (Wildman–Crippen LogP) is 6.82. The van der Waals surface area contributed by atoms with E-state index in [0.717, 1.165) is 33.5 Å². The molecule has 0 aliphatic rings. The number of pyridine rings is 2. The first-order valence-electron chi connectivity index (χ1n) is 13.6. The number of hydrogen-bond donors (Lipinski definition) is 1. The molecule has 0 fully saturated rings. The molecule has 8 nitrogen and oxygen atoms in total. The Labute approximate surface area is 244 Å². The van der Waals surface area contributed by atoms with Crippen molar-refractivity contribution < 1.29 is 21.8 Å². The Morgan fingerprint density at radius 1 is 0.951 bits per heavy atom. The lowest BCUT2D eigenvalue weighted by Crippen LogP contribution is -2.46. The lowest BCUT2D eigenvalue weighted by molar-refractivity contribution is 0.0727. The van der Waals surface area contributed by atoms with E-state index < -0.39 is 24.5 Å². The fourth-order valence-electron chi connectivity index (χ4n) is 3.88. The quantitative estimate of drug-likeness (QED) is 0.149. The first kappa shape index (κ1) is 30.6. The summed E-state index contributed by atoms with van der Waals surface area (Å²) < 4.78 is 43.9. The number of anilines is 1. The van der Waals surface area contributed by atoms with Crippen LogP contribution in [0.4, 0.5) is 5.82 Å². The molecule has 4 aromatic rings. The van der Waals surface area contributed by atoms with Gasteiger partial charge < -0.3 is 14.5 Å². The standard InChI is InChI=1S/C31H39N3O5SSi/c1-22-8-13-27(14-9-22)40(35,36)38-21-26(39-41(6,7)31(2,3)4)20-37-25-12-16-28-23(18-25)10-15-29(34-28)24-11-17-30(32-5)33-19-24/h8-19,26H,20-21H2,1-7H3,(H,32,33). The number of rotatable bonds is 11. The average molecular weight is 594 g/mol. The van der Waals surface area contributed by atoms with Gasteiger partial charge in [-0.15, -0.1) is 0 Å². The minimum absolute atomic E-state index is 0.0731. The summed E-state index contributed by atoms with van der Waals surface area (Å²) >= 11 is 0. The molecule has 1 unspecified atom stereocenters. The second-order valence-electron chi connectivity index (χ2n) is 11.6. The molecule has 4 rings (SSSR count). The van der Waals surface area contributed by atoms with Gasteiger partial charge in [0.05, 0.1) is 22.7 Å². The molecule has 0 spiro atoms. The van der Waals surface area contributed by atoms with Crippen LogP contribution < -0.4 is 10.1 Å². The number of ether oxygens (including phenoxy) is 1. The summed E-state index contributed by atoms with van der Waals surface area (Å²) in [5.41, 5.74) is 3.56. The summed E-state index contributed by atoms with van der Waals surface area (Å²) in [5, 5.41) is 3.86. The molecule has 0 saturated heterocycles. The summed E-state index contributed by atoms with van der Waals surface area (Å²) in [6.45, 7) is 12.5. The topological polar surface area (TPSA) is 99.6 Å². The Hall–Kier alpha value is -3.31.